The fourth-order valence-corrected chi connectivity index (χ4v) is 1.87. The molecule has 0 unspecified atom stereocenters. The Labute approximate surface area is 111 Å². The third-order valence-corrected chi connectivity index (χ3v) is 2.86. The van der Waals surface area contributed by atoms with Gasteiger partial charge in [-0.05, 0) is 11.3 Å². The van der Waals surface area contributed by atoms with E-state index < -0.39 is 5.97 Å². The third-order valence-electron chi connectivity index (χ3n) is 2.86. The van der Waals surface area contributed by atoms with Crippen LogP contribution >= 0.6 is 0 Å². The van der Waals surface area contributed by atoms with Gasteiger partial charge in [0.25, 0.3) is 0 Å². The standard InChI is InChI=1S/C16H14O3/c1-11-7-3-4-8-12(11)15(17)13-9-5-6-10-14(13)16(18)19-2/h3-10,17H,1H2,2H3/b15-12-. The van der Waals surface area contributed by atoms with E-state index in [0.29, 0.717) is 21.6 Å². The van der Waals surface area contributed by atoms with Crippen LogP contribution in [0.3, 0.4) is 0 Å². The van der Waals surface area contributed by atoms with Crippen molar-refractivity contribution in [1.82, 2.24) is 0 Å². The molecule has 1 N–H and O–H groups in total. The molecular formula is C16H14O3. The number of carbonyl (C=O) groups excluding carboxylic acids is 1. The minimum atomic E-state index is -0.483. The summed E-state index contributed by atoms with van der Waals surface area (Å²) in [7, 11) is 1.31. The van der Waals surface area contributed by atoms with Crippen molar-refractivity contribution in [3.63, 3.8) is 0 Å². The van der Waals surface area contributed by atoms with Crippen LogP contribution in [0.5, 0.6) is 0 Å². The summed E-state index contributed by atoms with van der Waals surface area (Å²) >= 11 is 0. The lowest BCUT2D eigenvalue weighted by Gasteiger charge is -2.07. The van der Waals surface area contributed by atoms with Crippen LogP contribution in [-0.2, 0) is 4.74 Å². The van der Waals surface area contributed by atoms with Gasteiger partial charge in [0, 0.05) is 10.8 Å². The average molecular weight is 254 g/mol. The van der Waals surface area contributed by atoms with Gasteiger partial charge in [-0.1, -0.05) is 49.0 Å². The number of hydrogen-bond donors (Lipinski definition) is 1. The van der Waals surface area contributed by atoms with Gasteiger partial charge in [-0.15, -0.1) is 0 Å². The minimum Gasteiger partial charge on any atom is -0.507 e. The molecule has 0 aromatic heterocycles. The molecule has 0 amide bonds. The molecule has 0 atom stereocenters. The molecule has 2 aromatic rings. The highest BCUT2D eigenvalue weighted by Gasteiger charge is 2.14. The van der Waals surface area contributed by atoms with E-state index in [2.05, 4.69) is 6.58 Å². The van der Waals surface area contributed by atoms with Crippen LogP contribution < -0.4 is 10.4 Å². The lowest BCUT2D eigenvalue weighted by molar-refractivity contribution is 0.0600. The molecule has 2 rings (SSSR count). The van der Waals surface area contributed by atoms with E-state index in [9.17, 15) is 9.90 Å². The topological polar surface area (TPSA) is 46.5 Å². The van der Waals surface area contributed by atoms with Crippen molar-refractivity contribution in [3.05, 3.63) is 70.1 Å². The number of aliphatic hydroxyl groups excluding tert-OH is 1. The summed E-state index contributed by atoms with van der Waals surface area (Å²) in [6.07, 6.45) is 0. The monoisotopic (exact) mass is 254 g/mol. The van der Waals surface area contributed by atoms with Gasteiger partial charge >= 0.3 is 5.97 Å². The van der Waals surface area contributed by atoms with E-state index in [0.717, 1.165) is 0 Å². The van der Waals surface area contributed by atoms with Gasteiger partial charge in [0.05, 0.1) is 12.7 Å². The van der Waals surface area contributed by atoms with Gasteiger partial charge in [0.15, 0.2) is 0 Å². The zero-order valence-corrected chi connectivity index (χ0v) is 10.6. The molecule has 3 nitrogen and oxygen atoms in total. The first-order valence-electron chi connectivity index (χ1n) is 5.80. The minimum absolute atomic E-state index is 0.0200. The maximum Gasteiger partial charge on any atom is 0.338 e. The lowest BCUT2D eigenvalue weighted by Crippen LogP contribution is -2.26. The molecule has 0 spiro atoms. The van der Waals surface area contributed by atoms with Crippen LogP contribution in [0.25, 0.3) is 12.3 Å². The summed E-state index contributed by atoms with van der Waals surface area (Å²) in [5.74, 6) is -0.463. The predicted molar refractivity (Wildman–Crippen MR) is 74.1 cm³/mol. The fourth-order valence-electron chi connectivity index (χ4n) is 1.87. The first kappa shape index (κ1) is 12.9. The summed E-state index contributed by atoms with van der Waals surface area (Å²) in [4.78, 5) is 11.7. The SMILES string of the molecule is C=c1cccc/c1=C(/O)c1ccccc1C(=O)OC. The van der Waals surface area contributed by atoms with Gasteiger partial charge in [-0.2, -0.15) is 0 Å². The largest absolute Gasteiger partial charge is 0.507 e. The van der Waals surface area contributed by atoms with Crippen molar-refractivity contribution in [2.24, 2.45) is 0 Å². The van der Waals surface area contributed by atoms with Gasteiger partial charge in [0.1, 0.15) is 5.76 Å². The summed E-state index contributed by atoms with van der Waals surface area (Å²) < 4.78 is 4.71. The van der Waals surface area contributed by atoms with Crippen molar-refractivity contribution in [2.75, 3.05) is 7.11 Å². The number of aliphatic hydroxyl groups is 1. The fraction of sp³-hybridized carbons (Fsp3) is 0.0625. The van der Waals surface area contributed by atoms with E-state index in [-0.39, 0.29) is 5.76 Å². The normalized spacial score (nSPS) is 11.8. The van der Waals surface area contributed by atoms with Crippen LogP contribution in [0.15, 0.2) is 48.5 Å². The molecular weight excluding hydrogens is 240 g/mol. The molecule has 0 aliphatic rings. The van der Waals surface area contributed by atoms with Crippen molar-refractivity contribution in [1.29, 1.82) is 0 Å². The van der Waals surface area contributed by atoms with Gasteiger partial charge in [-0.25, -0.2) is 4.79 Å². The first-order chi connectivity index (χ1) is 9.15. The Bertz CT molecular complexity index is 717. The number of ether oxygens (including phenoxy) is 1. The number of hydrogen-bond acceptors (Lipinski definition) is 3. The van der Waals surface area contributed by atoms with Crippen LogP contribution in [0.4, 0.5) is 0 Å². The number of esters is 1. The second kappa shape index (κ2) is 5.40. The maximum atomic E-state index is 11.7. The van der Waals surface area contributed by atoms with Gasteiger partial charge in [-0.3, -0.25) is 0 Å². The molecule has 0 heterocycles. The predicted octanol–water partition coefficient (Wildman–Crippen LogP) is 1.60. The Balaban J connectivity index is 2.74. The molecule has 0 saturated carbocycles. The number of benzene rings is 2. The molecule has 0 bridgehead atoms. The van der Waals surface area contributed by atoms with Crippen molar-refractivity contribution in [3.8, 4) is 0 Å². The second-order valence-electron chi connectivity index (χ2n) is 4.04. The summed E-state index contributed by atoms with van der Waals surface area (Å²) in [5, 5.41) is 11.7. The molecule has 0 fully saturated rings. The third kappa shape index (κ3) is 2.50. The second-order valence-corrected chi connectivity index (χ2v) is 4.04. The molecule has 0 radical (unpaired) electrons. The summed E-state index contributed by atoms with van der Waals surface area (Å²) in [6.45, 7) is 3.86. The van der Waals surface area contributed by atoms with E-state index >= 15 is 0 Å². The van der Waals surface area contributed by atoms with Crippen molar-refractivity contribution >= 4 is 18.3 Å². The Kier molecular flexibility index (Phi) is 3.66. The molecule has 0 aliphatic heterocycles. The van der Waals surface area contributed by atoms with Crippen LogP contribution in [0.2, 0.25) is 0 Å². The van der Waals surface area contributed by atoms with Crippen LogP contribution in [0, 0.1) is 0 Å². The highest BCUT2D eigenvalue weighted by Crippen LogP contribution is 2.15. The highest BCUT2D eigenvalue weighted by molar-refractivity contribution is 5.94. The van der Waals surface area contributed by atoms with E-state index in [1.165, 1.54) is 7.11 Å². The Morgan fingerprint density at radius 1 is 1.05 bits per heavy atom. The quantitative estimate of drug-likeness (QED) is 0.828. The average Bonchev–Trinajstić information content (AvgIpc) is 2.46. The smallest absolute Gasteiger partial charge is 0.338 e. The Morgan fingerprint density at radius 2 is 1.63 bits per heavy atom. The molecule has 19 heavy (non-hydrogen) atoms. The Morgan fingerprint density at radius 3 is 2.26 bits per heavy atom. The van der Waals surface area contributed by atoms with Gasteiger partial charge < -0.3 is 9.84 Å². The molecule has 0 saturated heterocycles. The molecule has 96 valence electrons. The zero-order valence-electron chi connectivity index (χ0n) is 10.6. The highest BCUT2D eigenvalue weighted by atomic mass is 16.5. The van der Waals surface area contributed by atoms with E-state index in [1.54, 1.807) is 42.5 Å². The molecule has 2 aromatic carbocycles. The van der Waals surface area contributed by atoms with E-state index in [1.807, 2.05) is 6.07 Å². The van der Waals surface area contributed by atoms with Crippen LogP contribution in [-0.4, -0.2) is 18.2 Å². The zero-order chi connectivity index (χ0) is 13.8. The number of rotatable bonds is 2. The first-order valence-corrected chi connectivity index (χ1v) is 5.80. The summed E-state index contributed by atoms with van der Waals surface area (Å²) in [5.41, 5.74) is 0.760. The molecule has 0 aliphatic carbocycles. The number of carbonyl (C=O) groups is 1. The van der Waals surface area contributed by atoms with Crippen molar-refractivity contribution < 1.29 is 14.6 Å². The van der Waals surface area contributed by atoms with Crippen LogP contribution in [0.1, 0.15) is 15.9 Å². The molecule has 3 heteroatoms. The van der Waals surface area contributed by atoms with Gasteiger partial charge in [0.2, 0.25) is 0 Å². The van der Waals surface area contributed by atoms with E-state index in [4.69, 9.17) is 4.74 Å². The van der Waals surface area contributed by atoms with Crippen molar-refractivity contribution in [2.45, 2.75) is 0 Å². The lowest BCUT2D eigenvalue weighted by atomic mass is 10.0. The number of methoxy groups -OCH3 is 1. The Hall–Kier alpha value is -2.55. The summed E-state index contributed by atoms with van der Waals surface area (Å²) in [6, 6.07) is 14.0. The maximum absolute atomic E-state index is 11.7.